The fraction of sp³-hybridized carbons (Fsp3) is 0.308. The van der Waals surface area contributed by atoms with E-state index in [4.69, 9.17) is 17.3 Å². The Labute approximate surface area is 106 Å². The van der Waals surface area contributed by atoms with Crippen molar-refractivity contribution in [1.29, 1.82) is 0 Å². The number of rotatable bonds is 4. The van der Waals surface area contributed by atoms with E-state index in [1.54, 1.807) is 0 Å². The van der Waals surface area contributed by atoms with Crippen LogP contribution < -0.4 is 5.73 Å². The third-order valence-corrected chi connectivity index (χ3v) is 2.90. The first kappa shape index (κ1) is 12.1. The van der Waals surface area contributed by atoms with Gasteiger partial charge in [0.1, 0.15) is 5.82 Å². The number of aryl methyl sites for hydroxylation is 1. The lowest BCUT2D eigenvalue weighted by atomic mass is 10.2. The predicted molar refractivity (Wildman–Crippen MR) is 70.3 cm³/mol. The number of nitrogens with zero attached hydrogens (tertiary/aromatic N) is 2. The van der Waals surface area contributed by atoms with Gasteiger partial charge < -0.3 is 10.3 Å². The molecular formula is C13H16ClN3. The van der Waals surface area contributed by atoms with Crippen molar-refractivity contribution in [2.75, 3.05) is 6.54 Å². The highest BCUT2D eigenvalue weighted by atomic mass is 35.5. The van der Waals surface area contributed by atoms with E-state index in [-0.39, 0.29) is 0 Å². The van der Waals surface area contributed by atoms with Crippen molar-refractivity contribution in [1.82, 2.24) is 9.55 Å². The van der Waals surface area contributed by atoms with Crippen LogP contribution in [0.1, 0.15) is 17.1 Å². The van der Waals surface area contributed by atoms with E-state index in [2.05, 4.69) is 21.8 Å². The average Bonchev–Trinajstić information content (AvgIpc) is 2.60. The number of benzene rings is 1. The van der Waals surface area contributed by atoms with Crippen LogP contribution in [0, 0.1) is 6.92 Å². The Bertz CT molecular complexity index is 505. The molecule has 17 heavy (non-hydrogen) atoms. The van der Waals surface area contributed by atoms with Gasteiger partial charge in [-0.1, -0.05) is 23.7 Å². The zero-order chi connectivity index (χ0) is 12.3. The molecule has 0 aliphatic rings. The monoisotopic (exact) mass is 249 g/mol. The smallest absolute Gasteiger partial charge is 0.106 e. The Balaban J connectivity index is 2.18. The summed E-state index contributed by atoms with van der Waals surface area (Å²) in [4.78, 5) is 4.47. The van der Waals surface area contributed by atoms with Gasteiger partial charge in [-0.3, -0.25) is 0 Å². The molecule has 0 saturated heterocycles. The molecule has 1 heterocycles. The first-order valence-electron chi connectivity index (χ1n) is 5.66. The maximum atomic E-state index is 5.96. The standard InChI is InChI=1S/C13H16ClN3/c1-10-16-13(5-6-15)9-17(10)8-11-3-2-4-12(14)7-11/h2-4,7,9H,5-6,8,15H2,1H3. The summed E-state index contributed by atoms with van der Waals surface area (Å²) in [5.41, 5.74) is 7.75. The van der Waals surface area contributed by atoms with Crippen LogP contribution in [0.15, 0.2) is 30.5 Å². The molecule has 3 nitrogen and oxygen atoms in total. The average molecular weight is 250 g/mol. The predicted octanol–water partition coefficient (Wildman–Crippen LogP) is 2.39. The number of hydrogen-bond donors (Lipinski definition) is 1. The van der Waals surface area contributed by atoms with Crippen LogP contribution in [-0.2, 0) is 13.0 Å². The highest BCUT2D eigenvalue weighted by Gasteiger charge is 2.04. The second-order valence-corrected chi connectivity index (χ2v) is 4.51. The molecule has 0 unspecified atom stereocenters. The molecule has 0 spiro atoms. The lowest BCUT2D eigenvalue weighted by molar-refractivity contribution is 0.761. The molecule has 0 atom stereocenters. The summed E-state index contributed by atoms with van der Waals surface area (Å²) in [5, 5.41) is 0.766. The fourth-order valence-electron chi connectivity index (χ4n) is 1.83. The summed E-state index contributed by atoms with van der Waals surface area (Å²) in [6.07, 6.45) is 2.88. The van der Waals surface area contributed by atoms with E-state index in [0.717, 1.165) is 29.5 Å². The van der Waals surface area contributed by atoms with Gasteiger partial charge in [-0.25, -0.2) is 4.98 Å². The molecule has 1 aromatic heterocycles. The van der Waals surface area contributed by atoms with Gasteiger partial charge >= 0.3 is 0 Å². The molecule has 0 radical (unpaired) electrons. The van der Waals surface area contributed by atoms with Crippen LogP contribution >= 0.6 is 11.6 Å². The third kappa shape index (κ3) is 3.08. The van der Waals surface area contributed by atoms with Gasteiger partial charge in [0.25, 0.3) is 0 Å². The molecule has 2 rings (SSSR count). The molecule has 0 aliphatic heterocycles. The summed E-state index contributed by atoms with van der Waals surface area (Å²) in [6.45, 7) is 3.43. The zero-order valence-electron chi connectivity index (χ0n) is 9.86. The summed E-state index contributed by atoms with van der Waals surface area (Å²) in [5.74, 6) is 1.01. The number of hydrogen-bond acceptors (Lipinski definition) is 2. The maximum absolute atomic E-state index is 5.96. The number of nitrogens with two attached hydrogens (primary N) is 1. The van der Waals surface area contributed by atoms with E-state index < -0.39 is 0 Å². The van der Waals surface area contributed by atoms with Gasteiger partial charge in [0.2, 0.25) is 0 Å². The largest absolute Gasteiger partial charge is 0.330 e. The third-order valence-electron chi connectivity index (χ3n) is 2.67. The highest BCUT2D eigenvalue weighted by Crippen LogP contribution is 2.13. The maximum Gasteiger partial charge on any atom is 0.106 e. The van der Waals surface area contributed by atoms with Crippen LogP contribution in [-0.4, -0.2) is 16.1 Å². The molecule has 2 aromatic rings. The van der Waals surface area contributed by atoms with Gasteiger partial charge in [-0.05, 0) is 31.2 Å². The topological polar surface area (TPSA) is 43.8 Å². The van der Waals surface area contributed by atoms with Gasteiger partial charge in [0, 0.05) is 24.2 Å². The number of imidazole rings is 1. The number of halogens is 1. The van der Waals surface area contributed by atoms with Crippen molar-refractivity contribution < 1.29 is 0 Å². The highest BCUT2D eigenvalue weighted by molar-refractivity contribution is 6.30. The molecular weight excluding hydrogens is 234 g/mol. The van der Waals surface area contributed by atoms with Crippen molar-refractivity contribution in [2.45, 2.75) is 19.9 Å². The molecule has 0 fully saturated rings. The summed E-state index contributed by atoms with van der Waals surface area (Å²) in [7, 11) is 0. The van der Waals surface area contributed by atoms with Gasteiger partial charge in [0.05, 0.1) is 5.69 Å². The molecule has 90 valence electrons. The fourth-order valence-corrected chi connectivity index (χ4v) is 2.05. The van der Waals surface area contributed by atoms with Crippen molar-refractivity contribution in [3.05, 3.63) is 52.6 Å². The normalized spacial score (nSPS) is 10.8. The van der Waals surface area contributed by atoms with Crippen LogP contribution in [0.4, 0.5) is 0 Å². The Morgan fingerprint density at radius 2 is 2.24 bits per heavy atom. The minimum absolute atomic E-state index is 0.633. The lowest BCUT2D eigenvalue weighted by Crippen LogP contribution is -2.02. The molecule has 2 N–H and O–H groups in total. The molecule has 4 heteroatoms. The van der Waals surface area contributed by atoms with Gasteiger partial charge in [-0.15, -0.1) is 0 Å². The molecule has 0 bridgehead atoms. The van der Waals surface area contributed by atoms with Gasteiger partial charge in [-0.2, -0.15) is 0 Å². The van der Waals surface area contributed by atoms with Gasteiger partial charge in [0.15, 0.2) is 0 Å². The van der Waals surface area contributed by atoms with Crippen LogP contribution in [0.5, 0.6) is 0 Å². The molecule has 0 amide bonds. The lowest BCUT2D eigenvalue weighted by Gasteiger charge is -2.05. The Morgan fingerprint density at radius 3 is 2.94 bits per heavy atom. The van der Waals surface area contributed by atoms with E-state index in [1.165, 1.54) is 5.56 Å². The molecule has 0 saturated carbocycles. The Kier molecular flexibility index (Phi) is 3.82. The minimum atomic E-state index is 0.633. The van der Waals surface area contributed by atoms with E-state index in [1.807, 2.05) is 25.1 Å². The zero-order valence-corrected chi connectivity index (χ0v) is 10.6. The van der Waals surface area contributed by atoms with Crippen molar-refractivity contribution in [3.8, 4) is 0 Å². The van der Waals surface area contributed by atoms with E-state index in [9.17, 15) is 0 Å². The van der Waals surface area contributed by atoms with E-state index in [0.29, 0.717) is 6.54 Å². The Hall–Kier alpha value is -1.32. The van der Waals surface area contributed by atoms with Crippen LogP contribution in [0.2, 0.25) is 5.02 Å². The van der Waals surface area contributed by atoms with E-state index >= 15 is 0 Å². The minimum Gasteiger partial charge on any atom is -0.330 e. The first-order valence-corrected chi connectivity index (χ1v) is 6.04. The number of aromatic nitrogens is 2. The summed E-state index contributed by atoms with van der Waals surface area (Å²) >= 11 is 5.96. The SMILES string of the molecule is Cc1nc(CCN)cn1Cc1cccc(Cl)c1. The van der Waals surface area contributed by atoms with Crippen molar-refractivity contribution >= 4 is 11.6 Å². The van der Waals surface area contributed by atoms with Crippen LogP contribution in [0.25, 0.3) is 0 Å². The van der Waals surface area contributed by atoms with Crippen molar-refractivity contribution in [2.24, 2.45) is 5.73 Å². The summed E-state index contributed by atoms with van der Waals surface area (Å²) < 4.78 is 2.12. The molecule has 1 aromatic carbocycles. The quantitative estimate of drug-likeness (QED) is 0.904. The second-order valence-electron chi connectivity index (χ2n) is 4.08. The second kappa shape index (κ2) is 5.34. The van der Waals surface area contributed by atoms with Crippen LogP contribution in [0.3, 0.4) is 0 Å². The molecule has 0 aliphatic carbocycles. The first-order chi connectivity index (χ1) is 8.19. The van der Waals surface area contributed by atoms with Crippen molar-refractivity contribution in [3.63, 3.8) is 0 Å². The Morgan fingerprint density at radius 1 is 1.41 bits per heavy atom. The summed E-state index contributed by atoms with van der Waals surface area (Å²) in [6, 6.07) is 7.88.